The maximum Gasteiger partial charge on any atom is 0.254 e. The van der Waals surface area contributed by atoms with Crippen LogP contribution in [0.2, 0.25) is 0 Å². The minimum atomic E-state index is -1.20. The lowest BCUT2D eigenvalue weighted by Gasteiger charge is -2.39. The summed E-state index contributed by atoms with van der Waals surface area (Å²) in [6.45, 7) is 1.07. The van der Waals surface area contributed by atoms with Gasteiger partial charge >= 0.3 is 0 Å². The predicted molar refractivity (Wildman–Crippen MR) is 90.6 cm³/mol. The average Bonchev–Trinajstić information content (AvgIpc) is 2.90. The van der Waals surface area contributed by atoms with Crippen LogP contribution in [0.1, 0.15) is 35.2 Å². The maximum absolute atomic E-state index is 12.6. The number of carbonyl (C=O) groups excluding carboxylic acids is 3. The Balaban J connectivity index is 1.62. The van der Waals surface area contributed by atoms with Gasteiger partial charge in [0.2, 0.25) is 11.8 Å². The second-order valence-corrected chi connectivity index (χ2v) is 6.81. The molecule has 0 spiro atoms. The van der Waals surface area contributed by atoms with Crippen molar-refractivity contribution in [2.45, 2.75) is 31.4 Å². The number of rotatable bonds is 4. The molecule has 2 N–H and O–H groups in total. The second-order valence-electron chi connectivity index (χ2n) is 6.81. The molecular formula is C18H23N3O4. The molecule has 0 aliphatic carbocycles. The third-order valence-corrected chi connectivity index (χ3v) is 4.90. The van der Waals surface area contributed by atoms with E-state index >= 15 is 0 Å². The number of nitrogens with zero attached hydrogens (tertiary/aromatic N) is 2. The smallest absolute Gasteiger partial charge is 0.254 e. The third-order valence-electron chi connectivity index (χ3n) is 4.90. The summed E-state index contributed by atoms with van der Waals surface area (Å²) in [5.74, 6) is -0.584. The van der Waals surface area contributed by atoms with Crippen LogP contribution < -0.4 is 5.32 Å². The summed E-state index contributed by atoms with van der Waals surface area (Å²) in [5.41, 5.74) is 0.367. The molecule has 0 aromatic heterocycles. The Morgan fingerprint density at radius 2 is 2.08 bits per heavy atom. The SMILES string of the molecule is CNC(=O)CC1(O)CCCN(C(=O)CN2Cc3ccccc3C2=O)C1. The number of β-amino-alcohol motifs (C(OH)–C–C–N with tert-alkyl or cyclic N) is 1. The number of carbonyl (C=O) groups is 3. The number of aliphatic hydroxyl groups is 1. The number of hydrogen-bond acceptors (Lipinski definition) is 4. The lowest BCUT2D eigenvalue weighted by Crippen LogP contribution is -2.53. The summed E-state index contributed by atoms with van der Waals surface area (Å²) < 4.78 is 0. The standard InChI is InChI=1S/C18H23N3O4/c1-19-15(22)9-18(25)7-4-8-20(12-18)16(23)11-21-10-13-5-2-3-6-14(13)17(21)24/h2-3,5-6,25H,4,7-12H2,1H3,(H,19,22). The first kappa shape index (κ1) is 17.4. The molecule has 1 saturated heterocycles. The molecule has 1 aromatic rings. The van der Waals surface area contributed by atoms with Gasteiger partial charge in [0.1, 0.15) is 6.54 Å². The Kier molecular flexibility index (Phi) is 4.76. The lowest BCUT2D eigenvalue weighted by molar-refractivity contribution is -0.142. The molecule has 0 bridgehead atoms. The van der Waals surface area contributed by atoms with Crippen LogP contribution in [0, 0.1) is 0 Å². The summed E-state index contributed by atoms with van der Waals surface area (Å²) in [4.78, 5) is 39.7. The van der Waals surface area contributed by atoms with E-state index in [2.05, 4.69) is 5.32 Å². The molecule has 2 aliphatic heterocycles. The van der Waals surface area contributed by atoms with E-state index in [0.29, 0.717) is 31.5 Å². The van der Waals surface area contributed by atoms with Crippen molar-refractivity contribution in [3.05, 3.63) is 35.4 Å². The van der Waals surface area contributed by atoms with E-state index < -0.39 is 5.60 Å². The Morgan fingerprint density at radius 3 is 2.80 bits per heavy atom. The van der Waals surface area contributed by atoms with E-state index in [1.54, 1.807) is 11.0 Å². The number of piperidine rings is 1. The quantitative estimate of drug-likeness (QED) is 0.812. The lowest BCUT2D eigenvalue weighted by atomic mass is 9.89. The number of amides is 3. The van der Waals surface area contributed by atoms with Crippen LogP contribution >= 0.6 is 0 Å². The Hall–Kier alpha value is -2.41. The molecule has 3 amide bonds. The van der Waals surface area contributed by atoms with E-state index in [1.165, 1.54) is 11.9 Å². The van der Waals surface area contributed by atoms with E-state index in [1.807, 2.05) is 18.2 Å². The fraction of sp³-hybridized carbons (Fsp3) is 0.500. The van der Waals surface area contributed by atoms with Crippen molar-refractivity contribution in [1.29, 1.82) is 0 Å². The summed E-state index contributed by atoms with van der Waals surface area (Å²) >= 11 is 0. The average molecular weight is 345 g/mol. The highest BCUT2D eigenvalue weighted by Crippen LogP contribution is 2.26. The van der Waals surface area contributed by atoms with E-state index in [9.17, 15) is 19.5 Å². The maximum atomic E-state index is 12.6. The molecule has 2 aliphatic rings. The van der Waals surface area contributed by atoms with Crippen molar-refractivity contribution < 1.29 is 19.5 Å². The normalized spacial score (nSPS) is 22.7. The van der Waals surface area contributed by atoms with Gasteiger partial charge in [-0.2, -0.15) is 0 Å². The van der Waals surface area contributed by atoms with Gasteiger partial charge in [-0.25, -0.2) is 0 Å². The van der Waals surface area contributed by atoms with Crippen LogP contribution in [-0.4, -0.2) is 64.9 Å². The monoisotopic (exact) mass is 345 g/mol. The van der Waals surface area contributed by atoms with Gasteiger partial charge in [0.15, 0.2) is 0 Å². The fourth-order valence-corrected chi connectivity index (χ4v) is 3.56. The predicted octanol–water partition coefficient (Wildman–Crippen LogP) is 0.132. The Bertz CT molecular complexity index is 705. The summed E-state index contributed by atoms with van der Waals surface area (Å²) in [6, 6.07) is 7.35. The molecule has 25 heavy (non-hydrogen) atoms. The molecule has 3 rings (SSSR count). The van der Waals surface area contributed by atoms with Crippen molar-refractivity contribution in [2.24, 2.45) is 0 Å². The highest BCUT2D eigenvalue weighted by molar-refractivity contribution is 6.00. The molecule has 1 fully saturated rings. The molecule has 0 radical (unpaired) electrons. The van der Waals surface area contributed by atoms with Gasteiger partial charge in [0, 0.05) is 32.2 Å². The van der Waals surface area contributed by atoms with Crippen LogP contribution in [0.5, 0.6) is 0 Å². The zero-order valence-electron chi connectivity index (χ0n) is 14.3. The van der Waals surface area contributed by atoms with Crippen molar-refractivity contribution in [3.8, 4) is 0 Å². The van der Waals surface area contributed by atoms with Gasteiger partial charge in [0.05, 0.1) is 12.0 Å². The zero-order valence-corrected chi connectivity index (χ0v) is 14.3. The number of nitrogens with one attached hydrogen (secondary N) is 1. The molecule has 1 atom stereocenters. The van der Waals surface area contributed by atoms with Crippen LogP contribution in [0.3, 0.4) is 0 Å². The first-order valence-electron chi connectivity index (χ1n) is 8.50. The molecular weight excluding hydrogens is 322 g/mol. The van der Waals surface area contributed by atoms with Crippen molar-refractivity contribution in [1.82, 2.24) is 15.1 Å². The van der Waals surface area contributed by atoms with Crippen molar-refractivity contribution in [3.63, 3.8) is 0 Å². The van der Waals surface area contributed by atoms with E-state index in [4.69, 9.17) is 0 Å². The largest absolute Gasteiger partial charge is 0.388 e. The van der Waals surface area contributed by atoms with Gasteiger partial charge in [-0.3, -0.25) is 14.4 Å². The molecule has 7 nitrogen and oxygen atoms in total. The topological polar surface area (TPSA) is 89.9 Å². The molecule has 7 heteroatoms. The summed E-state index contributed by atoms with van der Waals surface area (Å²) in [6.07, 6.45) is 1.09. The fourth-order valence-electron chi connectivity index (χ4n) is 3.56. The van der Waals surface area contributed by atoms with Crippen LogP contribution in [-0.2, 0) is 16.1 Å². The highest BCUT2D eigenvalue weighted by atomic mass is 16.3. The van der Waals surface area contributed by atoms with Crippen LogP contribution in [0.15, 0.2) is 24.3 Å². The molecule has 2 heterocycles. The number of benzene rings is 1. The van der Waals surface area contributed by atoms with Crippen LogP contribution in [0.25, 0.3) is 0 Å². The molecule has 134 valence electrons. The number of hydrogen-bond donors (Lipinski definition) is 2. The highest BCUT2D eigenvalue weighted by Gasteiger charge is 2.38. The summed E-state index contributed by atoms with van der Waals surface area (Å²) in [5, 5.41) is 13.1. The summed E-state index contributed by atoms with van der Waals surface area (Å²) in [7, 11) is 1.52. The third kappa shape index (κ3) is 3.66. The van der Waals surface area contributed by atoms with Crippen molar-refractivity contribution in [2.75, 3.05) is 26.7 Å². The minimum absolute atomic E-state index is 0.0103. The number of likely N-dealkylation sites (tertiary alicyclic amines) is 1. The molecule has 0 saturated carbocycles. The molecule has 1 aromatic carbocycles. The zero-order chi connectivity index (χ0) is 18.0. The van der Waals surface area contributed by atoms with E-state index in [-0.39, 0.29) is 37.2 Å². The van der Waals surface area contributed by atoms with Gasteiger partial charge < -0.3 is 20.2 Å². The van der Waals surface area contributed by atoms with Gasteiger partial charge in [-0.15, -0.1) is 0 Å². The minimum Gasteiger partial charge on any atom is -0.388 e. The second kappa shape index (κ2) is 6.84. The molecule has 1 unspecified atom stereocenters. The van der Waals surface area contributed by atoms with E-state index in [0.717, 1.165) is 5.56 Å². The van der Waals surface area contributed by atoms with Gasteiger partial charge in [-0.05, 0) is 24.5 Å². The van der Waals surface area contributed by atoms with Crippen LogP contribution in [0.4, 0.5) is 0 Å². The van der Waals surface area contributed by atoms with Crippen molar-refractivity contribution >= 4 is 17.7 Å². The van der Waals surface area contributed by atoms with Gasteiger partial charge in [0.25, 0.3) is 5.91 Å². The first-order chi connectivity index (χ1) is 11.9. The number of fused-ring (bicyclic) bond motifs is 1. The Morgan fingerprint density at radius 1 is 1.32 bits per heavy atom. The Labute approximate surface area is 146 Å². The van der Waals surface area contributed by atoms with Gasteiger partial charge in [-0.1, -0.05) is 18.2 Å². The first-order valence-corrected chi connectivity index (χ1v) is 8.50.